The number of rotatable bonds is 0. The third-order valence-corrected chi connectivity index (χ3v) is 2.27. The minimum Gasteiger partial charge on any atom is -0.454 e. The minimum absolute atomic E-state index is 0.584. The number of hydrogen-bond acceptors (Lipinski definition) is 3. The maximum absolute atomic E-state index is 5.77. The first-order valence-electron chi connectivity index (χ1n) is 4.40. The molecule has 1 aromatic rings. The molecule has 0 fully saturated rings. The van der Waals surface area contributed by atoms with Crippen molar-refractivity contribution >= 4 is 17.1 Å². The molecule has 2 N–H and O–H groups in total. The van der Waals surface area contributed by atoms with Gasteiger partial charge in [0.25, 0.3) is 0 Å². The normalized spacial score (nSPS) is 14.4. The van der Waals surface area contributed by atoms with E-state index >= 15 is 0 Å². The number of aliphatic imine (C=N–C) groups is 1. The van der Waals surface area contributed by atoms with E-state index in [1.807, 2.05) is 19.9 Å². The van der Waals surface area contributed by atoms with Gasteiger partial charge in [-0.2, -0.15) is 0 Å². The van der Waals surface area contributed by atoms with Crippen LogP contribution in [0, 0.1) is 6.92 Å². The van der Waals surface area contributed by atoms with Gasteiger partial charge < -0.3 is 10.5 Å². The fraction of sp³-hybridized carbons (Fsp3) is 0.182. The Kier molecular flexibility index (Phi) is 1.81. The lowest BCUT2D eigenvalue weighted by atomic mass is 10.1. The number of fused-ring (bicyclic) bond motifs is 1. The van der Waals surface area contributed by atoms with E-state index in [1.165, 1.54) is 0 Å². The molecular weight excluding hydrogens is 176 g/mol. The van der Waals surface area contributed by atoms with Crippen LogP contribution in [0.25, 0.3) is 0 Å². The van der Waals surface area contributed by atoms with Gasteiger partial charge in [-0.1, -0.05) is 6.58 Å². The Balaban J connectivity index is 2.61. The van der Waals surface area contributed by atoms with E-state index in [9.17, 15) is 0 Å². The van der Waals surface area contributed by atoms with Gasteiger partial charge in [0, 0.05) is 11.8 Å². The minimum atomic E-state index is 0.584. The van der Waals surface area contributed by atoms with E-state index in [1.54, 1.807) is 6.07 Å². The Morgan fingerprint density at radius 3 is 2.79 bits per heavy atom. The van der Waals surface area contributed by atoms with E-state index in [0.717, 1.165) is 17.0 Å². The van der Waals surface area contributed by atoms with E-state index in [0.29, 0.717) is 17.2 Å². The molecule has 14 heavy (non-hydrogen) atoms. The Labute approximate surface area is 82.9 Å². The van der Waals surface area contributed by atoms with Crippen molar-refractivity contribution in [1.82, 2.24) is 0 Å². The first-order valence-corrected chi connectivity index (χ1v) is 4.40. The average molecular weight is 188 g/mol. The van der Waals surface area contributed by atoms with Crippen LogP contribution in [0.1, 0.15) is 12.5 Å². The summed E-state index contributed by atoms with van der Waals surface area (Å²) < 4.78 is 5.47. The van der Waals surface area contributed by atoms with E-state index in [-0.39, 0.29) is 0 Å². The number of aryl methyl sites for hydroxylation is 1. The van der Waals surface area contributed by atoms with Crippen molar-refractivity contribution in [3.63, 3.8) is 0 Å². The molecule has 72 valence electrons. The monoisotopic (exact) mass is 188 g/mol. The standard InChI is InChI=1S/C11H12N2O/c1-6-4-10-11(5-9(6)12)14-8(3)7(2)13-10/h4-5H,3,12H2,1-2H3. The van der Waals surface area contributed by atoms with Crippen LogP contribution < -0.4 is 10.5 Å². The van der Waals surface area contributed by atoms with Crippen LogP contribution in [0.15, 0.2) is 29.5 Å². The van der Waals surface area contributed by atoms with E-state index in [2.05, 4.69) is 11.6 Å². The molecule has 0 aromatic heterocycles. The van der Waals surface area contributed by atoms with Gasteiger partial charge in [-0.15, -0.1) is 0 Å². The molecule has 2 rings (SSSR count). The highest BCUT2D eigenvalue weighted by Crippen LogP contribution is 2.36. The zero-order valence-corrected chi connectivity index (χ0v) is 8.29. The number of nitrogen functional groups attached to an aromatic ring is 1. The fourth-order valence-electron chi connectivity index (χ4n) is 1.31. The summed E-state index contributed by atoms with van der Waals surface area (Å²) in [6, 6.07) is 3.70. The van der Waals surface area contributed by atoms with Gasteiger partial charge in [0.15, 0.2) is 5.75 Å². The van der Waals surface area contributed by atoms with Crippen molar-refractivity contribution in [2.45, 2.75) is 13.8 Å². The third kappa shape index (κ3) is 1.27. The molecule has 0 unspecified atom stereocenters. The van der Waals surface area contributed by atoms with Crippen LogP contribution in [0.2, 0.25) is 0 Å². The molecule has 0 aliphatic carbocycles. The predicted octanol–water partition coefficient (Wildman–Crippen LogP) is 2.58. The van der Waals surface area contributed by atoms with Gasteiger partial charge >= 0.3 is 0 Å². The lowest BCUT2D eigenvalue weighted by Crippen LogP contribution is -2.08. The maximum atomic E-state index is 5.77. The number of ether oxygens (including phenoxy) is 1. The largest absolute Gasteiger partial charge is 0.454 e. The Morgan fingerprint density at radius 2 is 2.07 bits per heavy atom. The first kappa shape index (κ1) is 8.81. The molecule has 0 radical (unpaired) electrons. The molecule has 0 atom stereocenters. The van der Waals surface area contributed by atoms with Gasteiger partial charge in [-0.25, -0.2) is 4.99 Å². The lowest BCUT2D eigenvalue weighted by Gasteiger charge is -2.17. The number of anilines is 1. The molecule has 1 aliphatic rings. The summed E-state index contributed by atoms with van der Waals surface area (Å²) in [5.74, 6) is 1.27. The summed E-state index contributed by atoms with van der Waals surface area (Å²) in [7, 11) is 0. The highest BCUT2D eigenvalue weighted by molar-refractivity contribution is 6.00. The summed E-state index contributed by atoms with van der Waals surface area (Å²) in [5.41, 5.74) is 9.12. The predicted molar refractivity (Wildman–Crippen MR) is 58.1 cm³/mol. The van der Waals surface area contributed by atoms with Crippen LogP contribution in [0.5, 0.6) is 5.75 Å². The highest BCUT2D eigenvalue weighted by Gasteiger charge is 2.14. The van der Waals surface area contributed by atoms with Crippen molar-refractivity contribution in [2.24, 2.45) is 4.99 Å². The molecule has 0 saturated carbocycles. The average Bonchev–Trinajstić information content (AvgIpc) is 2.11. The molecule has 1 heterocycles. The molecule has 3 nitrogen and oxygen atoms in total. The summed E-state index contributed by atoms with van der Waals surface area (Å²) in [6.07, 6.45) is 0. The van der Waals surface area contributed by atoms with Gasteiger partial charge in [0.2, 0.25) is 0 Å². The second-order valence-electron chi connectivity index (χ2n) is 3.40. The summed E-state index contributed by atoms with van der Waals surface area (Å²) in [5, 5.41) is 0. The van der Waals surface area contributed by atoms with Crippen LogP contribution in [-0.2, 0) is 0 Å². The van der Waals surface area contributed by atoms with Crippen molar-refractivity contribution < 1.29 is 4.74 Å². The van der Waals surface area contributed by atoms with E-state index < -0.39 is 0 Å². The summed E-state index contributed by atoms with van der Waals surface area (Å²) >= 11 is 0. The maximum Gasteiger partial charge on any atom is 0.155 e. The molecule has 1 aromatic carbocycles. The van der Waals surface area contributed by atoms with Gasteiger partial charge in [-0.05, 0) is 25.5 Å². The second-order valence-corrected chi connectivity index (χ2v) is 3.40. The number of hydrogen-bond donors (Lipinski definition) is 1. The second kappa shape index (κ2) is 2.87. The SMILES string of the molecule is C=C1Oc2cc(N)c(C)cc2N=C1C. The number of nitrogens with zero attached hydrogens (tertiary/aromatic N) is 1. The summed E-state index contributed by atoms with van der Waals surface area (Å²) in [4.78, 5) is 4.37. The highest BCUT2D eigenvalue weighted by atomic mass is 16.5. The smallest absolute Gasteiger partial charge is 0.155 e. The number of nitrogens with two attached hydrogens (primary N) is 1. The van der Waals surface area contributed by atoms with Crippen LogP contribution in [-0.4, -0.2) is 5.71 Å². The lowest BCUT2D eigenvalue weighted by molar-refractivity contribution is 0.452. The van der Waals surface area contributed by atoms with Gasteiger partial charge in [-0.3, -0.25) is 0 Å². The van der Waals surface area contributed by atoms with Gasteiger partial charge in [0.1, 0.15) is 11.4 Å². The number of benzene rings is 1. The fourth-order valence-corrected chi connectivity index (χ4v) is 1.31. The van der Waals surface area contributed by atoms with Crippen molar-refractivity contribution in [3.8, 4) is 5.75 Å². The summed E-state index contributed by atoms with van der Waals surface area (Å²) in [6.45, 7) is 7.57. The number of allylic oxidation sites excluding steroid dienone is 1. The Bertz CT molecular complexity index is 447. The van der Waals surface area contributed by atoms with Crippen molar-refractivity contribution in [3.05, 3.63) is 30.0 Å². The van der Waals surface area contributed by atoms with E-state index in [4.69, 9.17) is 10.5 Å². The Hall–Kier alpha value is -1.77. The molecule has 0 spiro atoms. The van der Waals surface area contributed by atoms with Crippen molar-refractivity contribution in [1.29, 1.82) is 0 Å². The molecule has 1 aliphatic heterocycles. The first-order chi connectivity index (χ1) is 6.58. The molecule has 0 bridgehead atoms. The Morgan fingerprint density at radius 1 is 1.36 bits per heavy atom. The molecule has 0 amide bonds. The van der Waals surface area contributed by atoms with Crippen LogP contribution >= 0.6 is 0 Å². The van der Waals surface area contributed by atoms with Gasteiger partial charge in [0.05, 0.1) is 5.71 Å². The quantitative estimate of drug-likeness (QED) is 0.636. The third-order valence-electron chi connectivity index (χ3n) is 2.27. The molecule has 3 heteroatoms. The molecule has 0 saturated heterocycles. The zero-order chi connectivity index (χ0) is 10.3. The molecular formula is C11H12N2O. The zero-order valence-electron chi connectivity index (χ0n) is 8.29. The van der Waals surface area contributed by atoms with Crippen LogP contribution in [0.4, 0.5) is 11.4 Å². The topological polar surface area (TPSA) is 47.6 Å². The van der Waals surface area contributed by atoms with Crippen molar-refractivity contribution in [2.75, 3.05) is 5.73 Å². The van der Waals surface area contributed by atoms with Crippen LogP contribution in [0.3, 0.4) is 0 Å².